The first-order chi connectivity index (χ1) is 8.65. The van der Waals surface area contributed by atoms with Crippen molar-refractivity contribution in [1.29, 1.82) is 0 Å². The Labute approximate surface area is 112 Å². The summed E-state index contributed by atoms with van der Waals surface area (Å²) in [7, 11) is -1.96. The van der Waals surface area contributed by atoms with E-state index in [1.165, 1.54) is 6.42 Å². The van der Waals surface area contributed by atoms with Crippen molar-refractivity contribution in [3.8, 4) is 0 Å². The molecule has 0 heterocycles. The van der Waals surface area contributed by atoms with Gasteiger partial charge in [-0.3, -0.25) is 4.79 Å². The second-order valence-electron chi connectivity index (χ2n) is 5.15. The van der Waals surface area contributed by atoms with Crippen LogP contribution in [0.4, 0.5) is 0 Å². The topological polar surface area (TPSA) is 35.5 Å². The zero-order valence-electron chi connectivity index (χ0n) is 12.2. The Morgan fingerprint density at radius 3 is 2.11 bits per heavy atom. The summed E-state index contributed by atoms with van der Waals surface area (Å²) in [6.07, 6.45) is 4.90. The number of hydrogen-bond acceptors (Lipinski definition) is 3. The molecule has 0 spiro atoms. The Hall–Kier alpha value is -0.193. The highest BCUT2D eigenvalue weighted by atomic mass is 28.4. The zero-order valence-corrected chi connectivity index (χ0v) is 13.2. The van der Waals surface area contributed by atoms with E-state index in [2.05, 4.69) is 20.8 Å². The maximum Gasteiger partial charge on any atom is 0.337 e. The lowest BCUT2D eigenvalue weighted by Gasteiger charge is -2.31. The molecule has 0 aromatic heterocycles. The van der Waals surface area contributed by atoms with Gasteiger partial charge in [0, 0.05) is 26.1 Å². The molecule has 0 atom stereocenters. The van der Waals surface area contributed by atoms with Crippen LogP contribution >= 0.6 is 0 Å². The summed E-state index contributed by atoms with van der Waals surface area (Å²) in [5, 5.41) is 0. The molecule has 0 bridgehead atoms. The van der Waals surface area contributed by atoms with Crippen molar-refractivity contribution < 1.29 is 13.6 Å². The van der Waals surface area contributed by atoms with Gasteiger partial charge < -0.3 is 8.85 Å². The summed E-state index contributed by atoms with van der Waals surface area (Å²) >= 11 is 0. The predicted octanol–water partition coefficient (Wildman–Crippen LogP) is 3.67. The van der Waals surface area contributed by atoms with Crippen molar-refractivity contribution in [2.24, 2.45) is 5.92 Å². The Bertz CT molecular complexity index is 239. The lowest BCUT2D eigenvalue weighted by Crippen LogP contribution is -2.42. The molecule has 1 fully saturated rings. The summed E-state index contributed by atoms with van der Waals surface area (Å²) in [5.74, 6) is 1.15. The normalized spacial score (nSPS) is 18.3. The van der Waals surface area contributed by atoms with Crippen molar-refractivity contribution in [3.63, 3.8) is 0 Å². The fraction of sp³-hybridized carbons (Fsp3) is 0.929. The second kappa shape index (κ2) is 8.07. The minimum atomic E-state index is -1.96. The van der Waals surface area contributed by atoms with Gasteiger partial charge in [-0.25, -0.2) is 0 Å². The smallest absolute Gasteiger partial charge is 0.337 e. The molecule has 0 unspecified atom stereocenters. The minimum absolute atomic E-state index is 0.444. The highest BCUT2D eigenvalue weighted by Gasteiger charge is 2.35. The summed E-state index contributed by atoms with van der Waals surface area (Å²) in [5.41, 5.74) is 0. The van der Waals surface area contributed by atoms with Gasteiger partial charge >= 0.3 is 8.56 Å². The van der Waals surface area contributed by atoms with Crippen molar-refractivity contribution >= 4 is 14.3 Å². The summed E-state index contributed by atoms with van der Waals surface area (Å²) < 4.78 is 12.0. The van der Waals surface area contributed by atoms with Crippen molar-refractivity contribution in [2.45, 2.75) is 65.0 Å². The van der Waals surface area contributed by atoms with E-state index in [9.17, 15) is 4.79 Å². The van der Waals surface area contributed by atoms with E-state index in [-0.39, 0.29) is 0 Å². The van der Waals surface area contributed by atoms with Crippen molar-refractivity contribution in [1.82, 2.24) is 0 Å². The van der Waals surface area contributed by atoms with Gasteiger partial charge in [0.1, 0.15) is 5.78 Å². The van der Waals surface area contributed by atoms with Crippen LogP contribution in [0.5, 0.6) is 0 Å². The lowest BCUT2D eigenvalue weighted by molar-refractivity contribution is -0.121. The van der Waals surface area contributed by atoms with Crippen LogP contribution in [-0.2, 0) is 13.6 Å². The van der Waals surface area contributed by atoms with Gasteiger partial charge in [0.2, 0.25) is 0 Å². The van der Waals surface area contributed by atoms with Gasteiger partial charge in [0.15, 0.2) is 0 Å². The molecule has 0 aromatic carbocycles. The average molecular weight is 272 g/mol. The molecule has 0 amide bonds. The third-order valence-electron chi connectivity index (χ3n) is 3.95. The van der Waals surface area contributed by atoms with E-state index in [1.807, 2.05) is 0 Å². The van der Waals surface area contributed by atoms with E-state index in [0.717, 1.165) is 51.0 Å². The number of carbonyl (C=O) groups is 1. The molecule has 4 heteroatoms. The van der Waals surface area contributed by atoms with Crippen LogP contribution < -0.4 is 0 Å². The van der Waals surface area contributed by atoms with E-state index >= 15 is 0 Å². The fourth-order valence-corrected chi connectivity index (χ4v) is 5.84. The van der Waals surface area contributed by atoms with Crippen molar-refractivity contribution in [2.75, 3.05) is 13.2 Å². The third kappa shape index (κ3) is 4.82. The molecule has 0 saturated heterocycles. The molecule has 1 saturated carbocycles. The number of Topliss-reactive ketones (excluding diaryl/α,β-unsaturated/α-hetero) is 1. The summed E-state index contributed by atoms with van der Waals surface area (Å²) in [4.78, 5) is 11.2. The lowest BCUT2D eigenvalue weighted by atomic mass is 9.87. The van der Waals surface area contributed by atoms with E-state index in [1.54, 1.807) is 0 Å². The first-order valence-corrected chi connectivity index (χ1v) is 9.68. The van der Waals surface area contributed by atoms with Crippen LogP contribution in [0, 0.1) is 5.92 Å². The van der Waals surface area contributed by atoms with Gasteiger partial charge in [-0.05, 0) is 51.1 Å². The molecule has 1 aliphatic rings. The first kappa shape index (κ1) is 15.9. The van der Waals surface area contributed by atoms with E-state index in [4.69, 9.17) is 8.85 Å². The third-order valence-corrected chi connectivity index (χ3v) is 7.71. The Kier molecular flexibility index (Phi) is 7.11. The molecule has 1 aliphatic carbocycles. The monoisotopic (exact) mass is 272 g/mol. The van der Waals surface area contributed by atoms with Crippen LogP contribution in [0.1, 0.15) is 52.9 Å². The van der Waals surface area contributed by atoms with Crippen LogP contribution in [0.2, 0.25) is 12.1 Å². The Balaban J connectivity index is 2.42. The van der Waals surface area contributed by atoms with Gasteiger partial charge in [0.05, 0.1) is 0 Å². The molecule has 0 aliphatic heterocycles. The molecule has 0 radical (unpaired) electrons. The summed E-state index contributed by atoms with van der Waals surface area (Å²) in [6, 6.07) is 2.12. The maximum atomic E-state index is 11.2. The number of rotatable bonds is 8. The van der Waals surface area contributed by atoms with E-state index in [0.29, 0.717) is 11.7 Å². The van der Waals surface area contributed by atoms with Crippen LogP contribution in [-0.4, -0.2) is 27.6 Å². The van der Waals surface area contributed by atoms with Crippen molar-refractivity contribution in [3.05, 3.63) is 0 Å². The zero-order chi connectivity index (χ0) is 13.4. The molecular formula is C14H28O3Si. The Morgan fingerprint density at radius 2 is 1.67 bits per heavy atom. The van der Waals surface area contributed by atoms with Crippen LogP contribution in [0.25, 0.3) is 0 Å². The number of ketones is 1. The molecule has 18 heavy (non-hydrogen) atoms. The molecule has 3 nitrogen and oxygen atoms in total. The largest absolute Gasteiger partial charge is 0.394 e. The Morgan fingerprint density at radius 1 is 1.11 bits per heavy atom. The predicted molar refractivity (Wildman–Crippen MR) is 75.9 cm³/mol. The molecule has 106 valence electrons. The average Bonchev–Trinajstić information content (AvgIpc) is 2.38. The van der Waals surface area contributed by atoms with E-state index < -0.39 is 8.56 Å². The summed E-state index contributed by atoms with van der Waals surface area (Å²) in [6.45, 7) is 7.79. The number of hydrogen-bond donors (Lipinski definition) is 0. The highest BCUT2D eigenvalue weighted by Crippen LogP contribution is 2.30. The SMILES string of the molecule is CCO[Si](CC)(CCC1CCC(=O)CC1)OCC. The molecule has 0 aromatic rings. The second-order valence-corrected chi connectivity index (χ2v) is 8.76. The minimum Gasteiger partial charge on any atom is -0.394 e. The standard InChI is InChI=1S/C14H28O3Si/c1-4-16-18(6-3,17-5-2)12-11-13-7-9-14(15)10-8-13/h13H,4-12H2,1-3H3. The molecule has 0 N–H and O–H groups in total. The highest BCUT2D eigenvalue weighted by molar-refractivity contribution is 6.67. The van der Waals surface area contributed by atoms with Crippen LogP contribution in [0.15, 0.2) is 0 Å². The number of carbonyl (C=O) groups excluding carboxylic acids is 1. The van der Waals surface area contributed by atoms with Gasteiger partial charge in [-0.1, -0.05) is 6.92 Å². The quantitative estimate of drug-likeness (QED) is 0.632. The van der Waals surface area contributed by atoms with Crippen LogP contribution in [0.3, 0.4) is 0 Å². The van der Waals surface area contributed by atoms with Gasteiger partial charge in [-0.2, -0.15) is 0 Å². The molecule has 1 rings (SSSR count). The first-order valence-electron chi connectivity index (χ1n) is 7.45. The maximum absolute atomic E-state index is 11.2. The van der Waals surface area contributed by atoms with Gasteiger partial charge in [0.25, 0.3) is 0 Å². The van der Waals surface area contributed by atoms with Gasteiger partial charge in [-0.15, -0.1) is 0 Å². The molecular weight excluding hydrogens is 244 g/mol. The fourth-order valence-electron chi connectivity index (χ4n) is 2.81.